The molecule has 0 aliphatic carbocycles. The molecule has 1 aromatic heterocycles. The number of carbonyl (C=O) groups excluding carboxylic acids is 1. The fourth-order valence-corrected chi connectivity index (χ4v) is 5.51. The molecule has 7 nitrogen and oxygen atoms in total. The van der Waals surface area contributed by atoms with E-state index in [1.807, 2.05) is 42.5 Å². The Balaban J connectivity index is 1.43. The smallest absolute Gasteiger partial charge is 0.261 e. The van der Waals surface area contributed by atoms with Crippen molar-refractivity contribution in [3.05, 3.63) is 88.2 Å². The summed E-state index contributed by atoms with van der Waals surface area (Å²) in [5.74, 6) is -0.0213. The second-order valence-electron chi connectivity index (χ2n) is 8.56. The van der Waals surface area contributed by atoms with Crippen molar-refractivity contribution in [1.82, 2.24) is 14.2 Å². The topological polar surface area (TPSA) is 90.6 Å². The lowest BCUT2D eigenvalue weighted by atomic mass is 9.99. The molecule has 0 radical (unpaired) electrons. The van der Waals surface area contributed by atoms with Gasteiger partial charge in [0.2, 0.25) is 10.0 Å². The summed E-state index contributed by atoms with van der Waals surface area (Å²) in [4.78, 5) is 30.1. The Kier molecular flexibility index (Phi) is 7.00. The van der Waals surface area contributed by atoms with E-state index in [4.69, 9.17) is 0 Å². The van der Waals surface area contributed by atoms with E-state index in [9.17, 15) is 18.0 Å². The van der Waals surface area contributed by atoms with Gasteiger partial charge in [0.25, 0.3) is 11.5 Å². The number of benzene rings is 2. The van der Waals surface area contributed by atoms with Gasteiger partial charge in [0.1, 0.15) is 5.56 Å². The van der Waals surface area contributed by atoms with E-state index < -0.39 is 21.5 Å². The Hall–Kier alpha value is -3.23. The maximum atomic E-state index is 13.1. The van der Waals surface area contributed by atoms with Crippen LogP contribution in [-0.4, -0.2) is 54.7 Å². The number of rotatable bonds is 6. The monoisotopic (exact) mass is 479 g/mol. The average molecular weight is 480 g/mol. The Morgan fingerprint density at radius 2 is 1.59 bits per heavy atom. The van der Waals surface area contributed by atoms with Crippen molar-refractivity contribution in [3.8, 4) is 11.3 Å². The van der Waals surface area contributed by atoms with Crippen molar-refractivity contribution in [2.75, 3.05) is 26.2 Å². The third-order valence-electron chi connectivity index (χ3n) is 6.45. The molecule has 1 amide bonds. The van der Waals surface area contributed by atoms with E-state index >= 15 is 0 Å². The molecule has 8 heteroatoms. The van der Waals surface area contributed by atoms with E-state index in [0.29, 0.717) is 11.6 Å². The van der Waals surface area contributed by atoms with E-state index in [0.717, 1.165) is 17.5 Å². The first-order valence-corrected chi connectivity index (χ1v) is 12.9. The first-order valence-electron chi connectivity index (χ1n) is 11.5. The molecule has 0 bridgehead atoms. The number of hydrogen-bond donors (Lipinski definition) is 1. The van der Waals surface area contributed by atoms with Crippen LogP contribution in [0, 0.1) is 0 Å². The summed E-state index contributed by atoms with van der Waals surface area (Å²) in [6, 6.07) is 19.7. The highest BCUT2D eigenvalue weighted by Gasteiger charge is 2.31. The van der Waals surface area contributed by atoms with Crippen molar-refractivity contribution in [3.63, 3.8) is 0 Å². The molecule has 2 aromatic carbocycles. The number of aromatic nitrogens is 1. The van der Waals surface area contributed by atoms with Gasteiger partial charge in [-0.25, -0.2) is 8.42 Å². The van der Waals surface area contributed by atoms with E-state index in [2.05, 4.69) is 18.8 Å². The molecule has 178 valence electrons. The molecule has 1 fully saturated rings. The number of piperazine rings is 1. The van der Waals surface area contributed by atoms with Crippen LogP contribution < -0.4 is 5.56 Å². The summed E-state index contributed by atoms with van der Waals surface area (Å²) >= 11 is 0. The highest BCUT2D eigenvalue weighted by molar-refractivity contribution is 7.89. The average Bonchev–Trinajstić information content (AvgIpc) is 2.88. The minimum absolute atomic E-state index is 0.0524. The van der Waals surface area contributed by atoms with Crippen LogP contribution in [0.3, 0.4) is 0 Å². The number of aromatic amines is 1. The van der Waals surface area contributed by atoms with Gasteiger partial charge in [-0.2, -0.15) is 4.31 Å². The lowest BCUT2D eigenvalue weighted by Gasteiger charge is -2.34. The van der Waals surface area contributed by atoms with Gasteiger partial charge in [0, 0.05) is 31.9 Å². The highest BCUT2D eigenvalue weighted by Crippen LogP contribution is 2.23. The first kappa shape index (κ1) is 23.9. The molecule has 3 aromatic rings. The molecule has 1 unspecified atom stereocenters. The van der Waals surface area contributed by atoms with Crippen LogP contribution in [0.15, 0.2) is 76.4 Å². The van der Waals surface area contributed by atoms with Crippen LogP contribution in [0.5, 0.6) is 0 Å². The Morgan fingerprint density at radius 3 is 2.18 bits per heavy atom. The van der Waals surface area contributed by atoms with Gasteiger partial charge in [0.15, 0.2) is 0 Å². The molecule has 1 aliphatic heterocycles. The normalized spacial score (nSPS) is 15.8. The summed E-state index contributed by atoms with van der Waals surface area (Å²) in [5, 5.41) is 0. The number of hydrogen-bond acceptors (Lipinski definition) is 4. The van der Waals surface area contributed by atoms with Gasteiger partial charge in [-0.05, 0) is 47.7 Å². The maximum Gasteiger partial charge on any atom is 0.261 e. The zero-order valence-corrected chi connectivity index (χ0v) is 20.2. The van der Waals surface area contributed by atoms with Gasteiger partial charge in [-0.15, -0.1) is 0 Å². The Bertz CT molecular complexity index is 1310. The van der Waals surface area contributed by atoms with Crippen molar-refractivity contribution < 1.29 is 13.2 Å². The first-order chi connectivity index (χ1) is 16.3. The maximum absolute atomic E-state index is 13.1. The summed E-state index contributed by atoms with van der Waals surface area (Å²) in [7, 11) is -3.64. The van der Waals surface area contributed by atoms with Crippen LogP contribution >= 0.6 is 0 Å². The van der Waals surface area contributed by atoms with Crippen LogP contribution in [0.4, 0.5) is 0 Å². The van der Waals surface area contributed by atoms with Gasteiger partial charge < -0.3 is 9.88 Å². The Labute approximate surface area is 200 Å². The van der Waals surface area contributed by atoms with Crippen molar-refractivity contribution in [1.29, 1.82) is 0 Å². The van der Waals surface area contributed by atoms with Crippen molar-refractivity contribution in [2.45, 2.75) is 31.1 Å². The van der Waals surface area contributed by atoms with Crippen molar-refractivity contribution >= 4 is 15.9 Å². The van der Waals surface area contributed by atoms with Crippen LogP contribution in [0.25, 0.3) is 11.3 Å². The zero-order chi connectivity index (χ0) is 24.3. The highest BCUT2D eigenvalue weighted by atomic mass is 32.2. The molecular weight excluding hydrogens is 450 g/mol. The minimum atomic E-state index is -3.64. The largest absolute Gasteiger partial charge is 0.336 e. The molecule has 1 aliphatic rings. The molecule has 34 heavy (non-hydrogen) atoms. The molecule has 0 spiro atoms. The number of carbonyl (C=O) groups is 1. The van der Waals surface area contributed by atoms with Gasteiger partial charge in [-0.3, -0.25) is 9.59 Å². The number of sulfonamides is 1. The van der Waals surface area contributed by atoms with Gasteiger partial charge in [-0.1, -0.05) is 56.3 Å². The zero-order valence-electron chi connectivity index (χ0n) is 19.4. The van der Waals surface area contributed by atoms with Crippen LogP contribution in [-0.2, 0) is 10.0 Å². The summed E-state index contributed by atoms with van der Waals surface area (Å²) in [5.41, 5.74) is 2.20. The lowest BCUT2D eigenvalue weighted by Crippen LogP contribution is -2.51. The number of amides is 1. The minimum Gasteiger partial charge on any atom is -0.336 e. The van der Waals surface area contributed by atoms with E-state index in [-0.39, 0.29) is 36.6 Å². The van der Waals surface area contributed by atoms with Crippen molar-refractivity contribution in [2.24, 2.45) is 0 Å². The predicted octanol–water partition coefficient (Wildman–Crippen LogP) is 3.70. The molecule has 4 rings (SSSR count). The molecule has 2 heterocycles. The Morgan fingerprint density at radius 1 is 0.941 bits per heavy atom. The molecule has 1 atom stereocenters. The van der Waals surface area contributed by atoms with Crippen LogP contribution in [0.1, 0.15) is 42.1 Å². The molecule has 0 saturated carbocycles. The number of nitrogens with zero attached hydrogens (tertiary/aromatic N) is 2. The second-order valence-corrected chi connectivity index (χ2v) is 10.5. The SMILES string of the molecule is CCC(C)c1ccc(S(=O)(=O)N2CCN(C(=O)c3ccc(-c4ccccc4)[nH]c3=O)CC2)cc1. The fraction of sp³-hybridized carbons (Fsp3) is 0.308. The summed E-state index contributed by atoms with van der Waals surface area (Å²) in [6.45, 7) is 5.02. The predicted molar refractivity (Wildman–Crippen MR) is 132 cm³/mol. The molecule has 1 saturated heterocycles. The van der Waals surface area contributed by atoms with Crippen LogP contribution in [0.2, 0.25) is 0 Å². The number of H-pyrrole nitrogens is 1. The van der Waals surface area contributed by atoms with E-state index in [1.54, 1.807) is 18.2 Å². The van der Waals surface area contributed by atoms with Gasteiger partial charge >= 0.3 is 0 Å². The quantitative estimate of drug-likeness (QED) is 0.584. The fourth-order valence-electron chi connectivity index (χ4n) is 4.08. The third-order valence-corrected chi connectivity index (χ3v) is 8.36. The number of nitrogens with one attached hydrogen (secondary N) is 1. The second kappa shape index (κ2) is 9.95. The molecular formula is C26H29N3O4S. The standard InChI is InChI=1S/C26H29N3O4S/c1-3-19(2)20-9-11-22(12-10-20)34(32,33)29-17-15-28(16-18-29)26(31)23-13-14-24(27-25(23)30)21-7-5-4-6-8-21/h4-14,19H,3,15-18H2,1-2H3,(H,27,30). The lowest BCUT2D eigenvalue weighted by molar-refractivity contribution is 0.0696. The number of pyridine rings is 1. The summed E-state index contributed by atoms with van der Waals surface area (Å²) < 4.78 is 27.6. The van der Waals surface area contributed by atoms with E-state index in [1.165, 1.54) is 15.3 Å². The molecule has 1 N–H and O–H groups in total. The summed E-state index contributed by atoms with van der Waals surface area (Å²) in [6.07, 6.45) is 0.986. The van der Waals surface area contributed by atoms with Gasteiger partial charge in [0.05, 0.1) is 4.90 Å². The third kappa shape index (κ3) is 4.83.